The summed E-state index contributed by atoms with van der Waals surface area (Å²) in [6.45, 7) is 2.75. The van der Waals surface area contributed by atoms with Gasteiger partial charge in [-0.1, -0.05) is 12.1 Å². The van der Waals surface area contributed by atoms with E-state index in [1.807, 2.05) is 0 Å². The van der Waals surface area contributed by atoms with Gasteiger partial charge < -0.3 is 14.7 Å². The molecule has 0 aliphatic carbocycles. The van der Waals surface area contributed by atoms with Crippen molar-refractivity contribution in [1.82, 2.24) is 20.3 Å². The molecule has 2 fully saturated rings. The van der Waals surface area contributed by atoms with Gasteiger partial charge in [0.2, 0.25) is 5.95 Å². The Hall–Kier alpha value is -2.71. The molecule has 2 aromatic rings. The van der Waals surface area contributed by atoms with Gasteiger partial charge in [0.15, 0.2) is 0 Å². The van der Waals surface area contributed by atoms with Crippen LogP contribution in [0.25, 0.3) is 0 Å². The molecule has 2 saturated heterocycles. The first-order valence-corrected chi connectivity index (χ1v) is 9.08. The smallest absolute Gasteiger partial charge is 0.277 e. The summed E-state index contributed by atoms with van der Waals surface area (Å²) < 4.78 is 0. The quantitative estimate of drug-likeness (QED) is 0.604. The lowest BCUT2D eigenvalue weighted by Gasteiger charge is -2.35. The third kappa shape index (κ3) is 3.45. The summed E-state index contributed by atoms with van der Waals surface area (Å²) in [6.07, 6.45) is 3.98. The van der Waals surface area contributed by atoms with E-state index in [0.29, 0.717) is 18.0 Å². The van der Waals surface area contributed by atoms with Crippen molar-refractivity contribution in [2.24, 2.45) is 0 Å². The maximum Gasteiger partial charge on any atom is 0.277 e. The number of amides is 1. The number of carbonyl (C=O) groups excluding carboxylic acids is 1. The lowest BCUT2D eigenvalue weighted by atomic mass is 10.1. The number of hydrogen-bond acceptors (Lipinski definition) is 7. The van der Waals surface area contributed by atoms with Gasteiger partial charge in [0, 0.05) is 43.8 Å². The first kappa shape index (κ1) is 17.7. The van der Waals surface area contributed by atoms with Gasteiger partial charge in [0.1, 0.15) is 0 Å². The van der Waals surface area contributed by atoms with Crippen LogP contribution in [0, 0.1) is 0 Å². The number of aromatic nitrogens is 2. The highest BCUT2D eigenvalue weighted by Crippen LogP contribution is 2.36. The van der Waals surface area contributed by atoms with E-state index < -0.39 is 5.91 Å². The largest absolute Gasteiger partial charge is 0.365 e. The minimum Gasteiger partial charge on any atom is -0.365 e. The van der Waals surface area contributed by atoms with Gasteiger partial charge in [-0.25, -0.2) is 15.4 Å². The minimum atomic E-state index is -0.603. The van der Waals surface area contributed by atoms with Gasteiger partial charge in [-0.2, -0.15) is 0 Å². The van der Waals surface area contributed by atoms with E-state index in [-0.39, 0.29) is 5.56 Å². The molecule has 2 atom stereocenters. The van der Waals surface area contributed by atoms with Crippen LogP contribution in [0.4, 0.5) is 11.6 Å². The zero-order valence-electron chi connectivity index (χ0n) is 15.5. The standard InChI is InChI=1S/C19H24N6O2/c1-23(2)10-13-4-3-5-15(6-13)24-11-17-7-16(24)12-25(17)19-20-8-14(9-21-19)18(26)22-27/h3-6,8-9,16-17,27H,7,10-12H2,1-2H3,(H,22,26)/t16-,17-/m0/s1. The summed E-state index contributed by atoms with van der Waals surface area (Å²) >= 11 is 0. The van der Waals surface area contributed by atoms with Crippen molar-refractivity contribution in [3.63, 3.8) is 0 Å². The molecule has 0 saturated carbocycles. The fourth-order valence-corrected chi connectivity index (χ4v) is 4.08. The Morgan fingerprint density at radius 3 is 2.56 bits per heavy atom. The second-order valence-electron chi connectivity index (χ2n) is 7.47. The van der Waals surface area contributed by atoms with Crippen LogP contribution < -0.4 is 15.3 Å². The summed E-state index contributed by atoms with van der Waals surface area (Å²) in [5.41, 5.74) is 4.43. The van der Waals surface area contributed by atoms with E-state index in [4.69, 9.17) is 5.21 Å². The lowest BCUT2D eigenvalue weighted by Crippen LogP contribution is -2.47. The molecule has 0 radical (unpaired) electrons. The first-order valence-electron chi connectivity index (χ1n) is 9.08. The van der Waals surface area contributed by atoms with Crippen LogP contribution in [0.15, 0.2) is 36.7 Å². The van der Waals surface area contributed by atoms with Crippen molar-refractivity contribution in [1.29, 1.82) is 0 Å². The van der Waals surface area contributed by atoms with Crippen molar-refractivity contribution in [2.45, 2.75) is 25.0 Å². The molecule has 3 heterocycles. The zero-order chi connectivity index (χ0) is 19.0. The molecule has 0 unspecified atom stereocenters. The van der Waals surface area contributed by atoms with E-state index in [9.17, 15) is 4.79 Å². The Morgan fingerprint density at radius 2 is 1.93 bits per heavy atom. The van der Waals surface area contributed by atoms with E-state index in [0.717, 1.165) is 26.1 Å². The van der Waals surface area contributed by atoms with Crippen molar-refractivity contribution in [2.75, 3.05) is 37.0 Å². The SMILES string of the molecule is CN(C)Cc1cccc(N2C[C@@H]3C[C@H]2CN3c2ncc(C(=O)NO)cn2)c1. The van der Waals surface area contributed by atoms with Crippen molar-refractivity contribution < 1.29 is 10.0 Å². The third-order valence-electron chi connectivity index (χ3n) is 5.24. The topological polar surface area (TPSA) is 84.8 Å². The predicted octanol–water partition coefficient (Wildman–Crippen LogP) is 1.12. The summed E-state index contributed by atoms with van der Waals surface area (Å²) in [4.78, 5) is 26.9. The fourth-order valence-electron chi connectivity index (χ4n) is 4.08. The van der Waals surface area contributed by atoms with E-state index >= 15 is 0 Å². The molecular weight excluding hydrogens is 344 g/mol. The van der Waals surface area contributed by atoms with Crippen LogP contribution in [-0.4, -0.2) is 65.3 Å². The van der Waals surface area contributed by atoms with Gasteiger partial charge in [-0.15, -0.1) is 0 Å². The number of fused-ring (bicyclic) bond motifs is 2. The Kier molecular flexibility index (Phi) is 4.67. The van der Waals surface area contributed by atoms with Crippen LogP contribution in [0.5, 0.6) is 0 Å². The van der Waals surface area contributed by atoms with Crippen molar-refractivity contribution in [3.05, 3.63) is 47.8 Å². The lowest BCUT2D eigenvalue weighted by molar-refractivity contribution is 0.0705. The maximum atomic E-state index is 11.4. The summed E-state index contributed by atoms with van der Waals surface area (Å²) in [6, 6.07) is 9.57. The molecule has 2 aliphatic rings. The normalized spacial score (nSPS) is 21.2. The second kappa shape index (κ2) is 7.13. The molecule has 8 nitrogen and oxygen atoms in total. The van der Waals surface area contributed by atoms with Crippen LogP contribution in [0.1, 0.15) is 22.3 Å². The number of carbonyl (C=O) groups is 1. The molecule has 142 valence electrons. The van der Waals surface area contributed by atoms with E-state index in [2.05, 4.69) is 63.0 Å². The second-order valence-corrected chi connectivity index (χ2v) is 7.47. The predicted molar refractivity (Wildman–Crippen MR) is 102 cm³/mol. The molecule has 1 aromatic heterocycles. The number of rotatable bonds is 5. The molecular formula is C19H24N6O2. The number of piperazine rings is 1. The van der Waals surface area contributed by atoms with Crippen molar-refractivity contribution >= 4 is 17.5 Å². The number of hydroxylamine groups is 1. The highest BCUT2D eigenvalue weighted by atomic mass is 16.5. The van der Waals surface area contributed by atoms with Gasteiger partial charge >= 0.3 is 0 Å². The van der Waals surface area contributed by atoms with Gasteiger partial charge in [-0.3, -0.25) is 10.0 Å². The maximum absolute atomic E-state index is 11.4. The summed E-state index contributed by atoms with van der Waals surface area (Å²) in [5, 5.41) is 8.69. The fraction of sp³-hybridized carbons (Fsp3) is 0.421. The van der Waals surface area contributed by atoms with Gasteiger partial charge in [0.05, 0.1) is 11.6 Å². The number of nitrogens with zero attached hydrogens (tertiary/aromatic N) is 5. The van der Waals surface area contributed by atoms with Crippen LogP contribution in [0.2, 0.25) is 0 Å². The Bertz CT molecular complexity index is 825. The molecule has 1 aromatic carbocycles. The van der Waals surface area contributed by atoms with Gasteiger partial charge in [-0.05, 0) is 38.2 Å². The molecule has 8 heteroatoms. The molecule has 0 spiro atoms. The number of nitrogens with one attached hydrogen (secondary N) is 1. The molecule has 4 rings (SSSR count). The third-order valence-corrected chi connectivity index (χ3v) is 5.24. The molecule has 2 bridgehead atoms. The minimum absolute atomic E-state index is 0.241. The van der Waals surface area contributed by atoms with Crippen LogP contribution >= 0.6 is 0 Å². The Morgan fingerprint density at radius 1 is 1.22 bits per heavy atom. The molecule has 27 heavy (non-hydrogen) atoms. The highest BCUT2D eigenvalue weighted by Gasteiger charge is 2.44. The Balaban J connectivity index is 1.46. The van der Waals surface area contributed by atoms with Gasteiger partial charge in [0.25, 0.3) is 5.91 Å². The zero-order valence-corrected chi connectivity index (χ0v) is 15.5. The average molecular weight is 368 g/mol. The average Bonchev–Trinajstić information content (AvgIpc) is 3.28. The summed E-state index contributed by atoms with van der Waals surface area (Å²) in [7, 11) is 4.16. The monoisotopic (exact) mass is 368 g/mol. The van der Waals surface area contributed by atoms with Crippen LogP contribution in [0.3, 0.4) is 0 Å². The number of benzene rings is 1. The van der Waals surface area contributed by atoms with E-state index in [1.54, 1.807) is 5.48 Å². The number of anilines is 2. The Labute approximate surface area is 158 Å². The molecule has 2 aliphatic heterocycles. The highest BCUT2D eigenvalue weighted by molar-refractivity contribution is 5.92. The van der Waals surface area contributed by atoms with Crippen LogP contribution in [-0.2, 0) is 6.54 Å². The van der Waals surface area contributed by atoms with E-state index in [1.165, 1.54) is 23.6 Å². The first-order chi connectivity index (χ1) is 13.0. The number of hydrogen-bond donors (Lipinski definition) is 2. The molecule has 1 amide bonds. The van der Waals surface area contributed by atoms with Crippen molar-refractivity contribution in [3.8, 4) is 0 Å². The molecule has 2 N–H and O–H groups in total. The summed E-state index contributed by atoms with van der Waals surface area (Å²) in [5.74, 6) is 0.0336.